The van der Waals surface area contributed by atoms with Gasteiger partial charge in [-0.15, -0.1) is 0 Å². The summed E-state index contributed by atoms with van der Waals surface area (Å²) in [7, 11) is 0. The number of aliphatic imine (C=N–C) groups is 1. The molecule has 0 saturated heterocycles. The molecule has 4 rings (SSSR count). The van der Waals surface area contributed by atoms with Crippen molar-refractivity contribution in [2.75, 3.05) is 13.2 Å². The van der Waals surface area contributed by atoms with Crippen LogP contribution in [0.4, 0.5) is 0 Å². The van der Waals surface area contributed by atoms with Crippen LogP contribution in [0.1, 0.15) is 57.1 Å². The Bertz CT molecular complexity index is 1170. The second kappa shape index (κ2) is 11.4. The monoisotopic (exact) mass is 490 g/mol. The lowest BCUT2D eigenvalue weighted by molar-refractivity contribution is -0.114. The summed E-state index contributed by atoms with van der Waals surface area (Å²) in [4.78, 5) is 16.6. The zero-order valence-electron chi connectivity index (χ0n) is 20.3. The first-order valence-electron chi connectivity index (χ1n) is 11.9. The van der Waals surface area contributed by atoms with Gasteiger partial charge in [0, 0.05) is 0 Å². The molecule has 35 heavy (non-hydrogen) atoms. The lowest BCUT2D eigenvalue weighted by Crippen LogP contribution is -2.35. The van der Waals surface area contributed by atoms with Gasteiger partial charge in [0.25, 0.3) is 5.91 Å². The number of rotatable bonds is 10. The van der Waals surface area contributed by atoms with Crippen LogP contribution in [0.15, 0.2) is 64.2 Å². The molecule has 0 spiro atoms. The topological polar surface area (TPSA) is 87.3 Å². The molecule has 1 unspecified atom stereocenters. The minimum absolute atomic E-state index is 0.0493. The number of hydrogen-bond acceptors (Lipinski definition) is 6. The van der Waals surface area contributed by atoms with Gasteiger partial charge in [-0.3, -0.25) is 10.2 Å². The van der Waals surface area contributed by atoms with Crippen LogP contribution in [-0.4, -0.2) is 40.2 Å². The van der Waals surface area contributed by atoms with E-state index in [9.17, 15) is 4.79 Å². The molecule has 0 bridgehead atoms. The number of benzene rings is 2. The average molecular weight is 491 g/mol. The molecule has 7 nitrogen and oxygen atoms in total. The van der Waals surface area contributed by atoms with E-state index in [1.54, 1.807) is 6.08 Å². The molecule has 182 valence electrons. The molecule has 2 aliphatic rings. The van der Waals surface area contributed by atoms with Gasteiger partial charge in [0.15, 0.2) is 5.84 Å². The second-order valence-electron chi connectivity index (χ2n) is 8.41. The van der Waals surface area contributed by atoms with Crippen molar-refractivity contribution < 1.29 is 14.3 Å². The summed E-state index contributed by atoms with van der Waals surface area (Å²) < 4.78 is 11.6. The van der Waals surface area contributed by atoms with Crippen LogP contribution in [0, 0.1) is 5.41 Å². The van der Waals surface area contributed by atoms with E-state index in [-0.39, 0.29) is 11.4 Å². The van der Waals surface area contributed by atoms with E-state index < -0.39 is 5.91 Å². The number of carbonyl (C=O) groups excluding carboxylic acids is 1. The van der Waals surface area contributed by atoms with Crippen molar-refractivity contribution in [2.24, 2.45) is 10.1 Å². The summed E-state index contributed by atoms with van der Waals surface area (Å²) in [6, 6.07) is 15.6. The van der Waals surface area contributed by atoms with Gasteiger partial charge in [0.2, 0.25) is 5.17 Å². The maximum Gasteiger partial charge on any atom is 0.283 e. The molecule has 0 aromatic heterocycles. The van der Waals surface area contributed by atoms with Crippen molar-refractivity contribution in [3.05, 3.63) is 65.2 Å². The van der Waals surface area contributed by atoms with E-state index in [1.165, 1.54) is 22.3 Å². The Balaban J connectivity index is 1.30. The number of amidine groups is 2. The van der Waals surface area contributed by atoms with E-state index in [0.717, 1.165) is 35.6 Å². The molecule has 0 aliphatic carbocycles. The van der Waals surface area contributed by atoms with Crippen molar-refractivity contribution in [2.45, 2.75) is 46.0 Å². The van der Waals surface area contributed by atoms with Crippen LogP contribution < -0.4 is 9.47 Å². The number of thioether (sulfide) groups is 1. The van der Waals surface area contributed by atoms with Crippen LogP contribution in [0.2, 0.25) is 0 Å². The first-order valence-corrected chi connectivity index (χ1v) is 12.7. The number of nitrogens with one attached hydrogen (secondary N) is 1. The largest absolute Gasteiger partial charge is 0.490 e. The highest BCUT2D eigenvalue weighted by Gasteiger charge is 2.35. The van der Waals surface area contributed by atoms with E-state index >= 15 is 0 Å². The van der Waals surface area contributed by atoms with Gasteiger partial charge >= 0.3 is 0 Å². The van der Waals surface area contributed by atoms with E-state index in [0.29, 0.717) is 30.0 Å². The zero-order valence-corrected chi connectivity index (χ0v) is 21.1. The van der Waals surface area contributed by atoms with Gasteiger partial charge < -0.3 is 9.47 Å². The summed E-state index contributed by atoms with van der Waals surface area (Å²) >= 11 is 1.36. The Morgan fingerprint density at radius 3 is 2.26 bits per heavy atom. The minimum Gasteiger partial charge on any atom is -0.490 e. The Labute approximate surface area is 210 Å². The van der Waals surface area contributed by atoms with Crippen molar-refractivity contribution in [3.63, 3.8) is 0 Å². The van der Waals surface area contributed by atoms with Crippen LogP contribution in [-0.2, 0) is 4.79 Å². The van der Waals surface area contributed by atoms with Crippen LogP contribution in [0.25, 0.3) is 6.08 Å². The van der Waals surface area contributed by atoms with E-state index in [2.05, 4.69) is 43.0 Å². The zero-order chi connectivity index (χ0) is 24.8. The van der Waals surface area contributed by atoms with E-state index in [1.807, 2.05) is 36.4 Å². The first kappa shape index (κ1) is 24.7. The summed E-state index contributed by atoms with van der Waals surface area (Å²) in [5.41, 5.74) is 2.32. The van der Waals surface area contributed by atoms with Gasteiger partial charge in [-0.25, -0.2) is 0 Å². The first-order chi connectivity index (χ1) is 17.0. The highest BCUT2D eigenvalue weighted by Crippen LogP contribution is 2.30. The predicted octanol–water partition coefficient (Wildman–Crippen LogP) is 6.08. The molecule has 0 fully saturated rings. The van der Waals surface area contributed by atoms with Crippen LogP contribution in [0.5, 0.6) is 11.5 Å². The fourth-order valence-electron chi connectivity index (χ4n) is 3.62. The standard InChI is InChI=1S/C27H30N4O3S/c1-4-6-24-30-31-25(28)23(26(32)29-27(31)35-24)17-19-7-11-21(12-8-19)33-15-16-34-22-13-9-20(10-14-22)18(3)5-2/h7-14,17-18,28H,4-6,15-16H2,1-3H3. The molecule has 2 aromatic carbocycles. The third-order valence-electron chi connectivity index (χ3n) is 5.83. The molecular weight excluding hydrogens is 460 g/mol. The molecule has 0 saturated carbocycles. The number of fused-ring (bicyclic) bond motifs is 1. The van der Waals surface area contributed by atoms with Gasteiger partial charge in [0.1, 0.15) is 29.8 Å². The summed E-state index contributed by atoms with van der Waals surface area (Å²) in [6.45, 7) is 7.33. The number of hydrogen-bond donors (Lipinski definition) is 1. The maximum atomic E-state index is 12.5. The molecule has 2 aromatic rings. The molecule has 1 amide bonds. The summed E-state index contributed by atoms with van der Waals surface area (Å²) in [6.07, 6.45) is 4.53. The van der Waals surface area contributed by atoms with Crippen molar-refractivity contribution in [3.8, 4) is 11.5 Å². The normalized spacial score (nSPS) is 17.2. The fraction of sp³-hybridized carbons (Fsp3) is 0.333. The lowest BCUT2D eigenvalue weighted by Gasteiger charge is -2.20. The lowest BCUT2D eigenvalue weighted by atomic mass is 9.99. The van der Waals surface area contributed by atoms with Crippen molar-refractivity contribution in [1.82, 2.24) is 5.01 Å². The van der Waals surface area contributed by atoms with Gasteiger partial charge in [-0.2, -0.15) is 15.1 Å². The minimum atomic E-state index is -0.420. The molecule has 0 radical (unpaired) electrons. The van der Waals surface area contributed by atoms with Gasteiger partial charge in [-0.1, -0.05) is 45.0 Å². The Morgan fingerprint density at radius 2 is 1.66 bits per heavy atom. The van der Waals surface area contributed by atoms with Crippen LogP contribution >= 0.6 is 11.8 Å². The third-order valence-corrected chi connectivity index (χ3v) is 6.80. The second-order valence-corrected chi connectivity index (χ2v) is 9.45. The number of hydrazone groups is 1. The Hall–Kier alpha value is -3.39. The molecule has 1 N–H and O–H groups in total. The van der Waals surface area contributed by atoms with Crippen molar-refractivity contribution in [1.29, 1.82) is 5.41 Å². The highest BCUT2D eigenvalue weighted by molar-refractivity contribution is 8.26. The Kier molecular flexibility index (Phi) is 8.02. The quantitative estimate of drug-likeness (QED) is 0.322. The smallest absolute Gasteiger partial charge is 0.283 e. The summed E-state index contributed by atoms with van der Waals surface area (Å²) in [5.74, 6) is 1.71. The van der Waals surface area contributed by atoms with Crippen LogP contribution in [0.3, 0.4) is 0 Å². The number of ether oxygens (including phenoxy) is 2. The number of amides is 1. The number of nitrogens with zero attached hydrogens (tertiary/aromatic N) is 3. The highest BCUT2D eigenvalue weighted by atomic mass is 32.2. The maximum absolute atomic E-state index is 12.5. The Morgan fingerprint density at radius 1 is 1.03 bits per heavy atom. The van der Waals surface area contributed by atoms with Gasteiger partial charge in [-0.05, 0) is 78.4 Å². The summed E-state index contributed by atoms with van der Waals surface area (Å²) in [5, 5.41) is 15.6. The van der Waals surface area contributed by atoms with Crippen molar-refractivity contribution >= 4 is 39.8 Å². The molecule has 1 atom stereocenters. The third kappa shape index (κ3) is 6.00. The molecule has 2 aliphatic heterocycles. The molecular formula is C27H30N4O3S. The molecule has 2 heterocycles. The SMILES string of the molecule is CCCC1=NN2C(=N)C(=Cc3ccc(OCCOc4ccc(C(C)CC)cc4)cc3)C(=O)N=C2S1. The van der Waals surface area contributed by atoms with E-state index in [4.69, 9.17) is 14.9 Å². The predicted molar refractivity (Wildman–Crippen MR) is 142 cm³/mol. The number of carbonyl (C=O) groups is 1. The van der Waals surface area contributed by atoms with Gasteiger partial charge in [0.05, 0.1) is 5.57 Å². The fourth-order valence-corrected chi connectivity index (χ4v) is 4.61. The molecule has 8 heteroatoms. The average Bonchev–Trinajstić information content (AvgIpc) is 3.28.